The summed E-state index contributed by atoms with van der Waals surface area (Å²) < 4.78 is 0. The van der Waals surface area contributed by atoms with Crippen molar-refractivity contribution >= 4 is 22.6 Å². The minimum atomic E-state index is 1.08. The Morgan fingerprint density at radius 3 is 1.50 bits per heavy atom. The third-order valence-corrected chi connectivity index (χ3v) is 10.0. The summed E-state index contributed by atoms with van der Waals surface area (Å²) in [6.07, 6.45) is 3.99. The van der Waals surface area contributed by atoms with Gasteiger partial charge in [0.1, 0.15) is 0 Å². The Morgan fingerprint density at radius 1 is 0.407 bits per heavy atom. The first kappa shape index (κ1) is 34.1. The zero-order chi connectivity index (χ0) is 36.7. The molecule has 0 saturated heterocycles. The average Bonchev–Trinajstić information content (AvgIpc) is 3.24. The van der Waals surface area contributed by atoms with Crippen LogP contribution in [0.15, 0.2) is 225 Å². The van der Waals surface area contributed by atoms with Gasteiger partial charge in [-0.25, -0.2) is 0 Å². The third-order valence-electron chi connectivity index (χ3n) is 10.0. The molecular weight excluding hydrogens is 651 g/mol. The van der Waals surface area contributed by atoms with E-state index in [0.717, 1.165) is 28.2 Å². The first-order valence-electron chi connectivity index (χ1n) is 18.5. The molecule has 0 saturated carbocycles. The highest BCUT2D eigenvalue weighted by atomic mass is 15.1. The van der Waals surface area contributed by atoms with Crippen molar-refractivity contribution in [3.8, 4) is 44.5 Å². The predicted octanol–water partition coefficient (Wildman–Crippen LogP) is 14.8. The molecule has 0 bridgehead atoms. The second-order valence-corrected chi connectivity index (χ2v) is 13.5. The predicted molar refractivity (Wildman–Crippen MR) is 231 cm³/mol. The minimum Gasteiger partial charge on any atom is -0.310 e. The second kappa shape index (κ2) is 15.7. The summed E-state index contributed by atoms with van der Waals surface area (Å²) in [5, 5.41) is 0. The van der Waals surface area contributed by atoms with Crippen LogP contribution >= 0.6 is 0 Å². The molecule has 8 aromatic rings. The first-order chi connectivity index (χ1) is 26.7. The summed E-state index contributed by atoms with van der Waals surface area (Å²) in [5.41, 5.74) is 17.6. The van der Waals surface area contributed by atoms with Crippen LogP contribution in [-0.4, -0.2) is 0 Å². The van der Waals surface area contributed by atoms with E-state index >= 15 is 0 Å². The molecule has 54 heavy (non-hydrogen) atoms. The molecule has 8 aromatic carbocycles. The molecule has 1 heteroatoms. The Labute approximate surface area is 319 Å². The lowest BCUT2D eigenvalue weighted by Crippen LogP contribution is -2.10. The minimum absolute atomic E-state index is 1.08. The van der Waals surface area contributed by atoms with Gasteiger partial charge in [-0.05, 0) is 116 Å². The van der Waals surface area contributed by atoms with E-state index in [1.54, 1.807) is 0 Å². The largest absolute Gasteiger partial charge is 0.310 e. The van der Waals surface area contributed by atoms with Gasteiger partial charge in [-0.15, -0.1) is 0 Å². The Balaban J connectivity index is 1.21. The number of hydrogen-bond acceptors (Lipinski definition) is 1. The highest BCUT2D eigenvalue weighted by Crippen LogP contribution is 2.40. The molecule has 0 atom stereocenters. The van der Waals surface area contributed by atoms with Gasteiger partial charge < -0.3 is 4.90 Å². The summed E-state index contributed by atoms with van der Waals surface area (Å²) in [5.74, 6) is 0. The average molecular weight is 692 g/mol. The lowest BCUT2D eigenvalue weighted by atomic mass is 9.93. The molecule has 0 amide bonds. The fourth-order valence-corrected chi connectivity index (χ4v) is 7.30. The van der Waals surface area contributed by atoms with Crippen molar-refractivity contribution in [2.24, 2.45) is 0 Å². The maximum absolute atomic E-state index is 4.06. The van der Waals surface area contributed by atoms with Gasteiger partial charge in [0.15, 0.2) is 0 Å². The van der Waals surface area contributed by atoms with Crippen LogP contribution in [-0.2, 0) is 0 Å². The molecule has 0 spiro atoms. The van der Waals surface area contributed by atoms with Crippen LogP contribution in [0.4, 0.5) is 17.1 Å². The SMILES string of the molecule is C=C/C=C(/c1cccc(N(c2ccc(-c3cccc(-c4ccccc4)c3)cc2)c2ccc(-c3ccccc3-c3ccccc3)cc2)c1)c1ccccc1C. The molecule has 0 radical (unpaired) electrons. The summed E-state index contributed by atoms with van der Waals surface area (Å²) >= 11 is 0. The molecule has 1 nitrogen and oxygen atoms in total. The fraction of sp³-hybridized carbons (Fsp3) is 0.0189. The van der Waals surface area contributed by atoms with Gasteiger partial charge in [-0.3, -0.25) is 0 Å². The van der Waals surface area contributed by atoms with Gasteiger partial charge in [0.05, 0.1) is 0 Å². The summed E-state index contributed by atoms with van der Waals surface area (Å²) in [6, 6.07) is 73.9. The normalized spacial score (nSPS) is 11.2. The number of anilines is 3. The lowest BCUT2D eigenvalue weighted by Gasteiger charge is -2.27. The zero-order valence-corrected chi connectivity index (χ0v) is 30.4. The van der Waals surface area contributed by atoms with Gasteiger partial charge in [0.2, 0.25) is 0 Å². The van der Waals surface area contributed by atoms with Crippen molar-refractivity contribution in [2.45, 2.75) is 6.92 Å². The smallest absolute Gasteiger partial charge is 0.0467 e. The molecule has 8 rings (SSSR count). The van der Waals surface area contributed by atoms with Crippen molar-refractivity contribution in [1.29, 1.82) is 0 Å². The van der Waals surface area contributed by atoms with E-state index in [1.165, 1.54) is 55.6 Å². The van der Waals surface area contributed by atoms with Crippen molar-refractivity contribution in [2.75, 3.05) is 4.90 Å². The molecule has 0 aromatic heterocycles. The maximum Gasteiger partial charge on any atom is 0.0467 e. The van der Waals surface area contributed by atoms with Gasteiger partial charge in [0, 0.05) is 17.1 Å². The molecule has 0 aliphatic heterocycles. The van der Waals surface area contributed by atoms with E-state index < -0.39 is 0 Å². The van der Waals surface area contributed by atoms with Crippen LogP contribution in [0.3, 0.4) is 0 Å². The van der Waals surface area contributed by atoms with Gasteiger partial charge in [0.25, 0.3) is 0 Å². The molecule has 0 aliphatic rings. The van der Waals surface area contributed by atoms with Crippen LogP contribution in [0, 0.1) is 6.92 Å². The van der Waals surface area contributed by atoms with E-state index in [-0.39, 0.29) is 0 Å². The van der Waals surface area contributed by atoms with E-state index in [4.69, 9.17) is 0 Å². The monoisotopic (exact) mass is 691 g/mol. The van der Waals surface area contributed by atoms with Crippen molar-refractivity contribution in [3.63, 3.8) is 0 Å². The zero-order valence-electron chi connectivity index (χ0n) is 30.4. The Morgan fingerprint density at radius 2 is 0.889 bits per heavy atom. The first-order valence-corrected chi connectivity index (χ1v) is 18.5. The number of aryl methyl sites for hydroxylation is 1. The van der Waals surface area contributed by atoms with Crippen LogP contribution < -0.4 is 4.90 Å². The molecule has 0 fully saturated rings. The van der Waals surface area contributed by atoms with Gasteiger partial charge >= 0.3 is 0 Å². The van der Waals surface area contributed by atoms with Gasteiger partial charge in [-0.1, -0.05) is 183 Å². The number of benzene rings is 8. The summed E-state index contributed by atoms with van der Waals surface area (Å²) in [6.45, 7) is 6.23. The van der Waals surface area contributed by atoms with E-state index in [1.807, 2.05) is 6.08 Å². The number of hydrogen-bond donors (Lipinski definition) is 0. The van der Waals surface area contributed by atoms with Crippen molar-refractivity contribution < 1.29 is 0 Å². The molecule has 0 heterocycles. The number of allylic oxidation sites excluding steroid dienone is 2. The summed E-state index contributed by atoms with van der Waals surface area (Å²) in [4.78, 5) is 2.35. The molecular formula is C53H41N. The summed E-state index contributed by atoms with van der Waals surface area (Å²) in [7, 11) is 0. The lowest BCUT2D eigenvalue weighted by molar-refractivity contribution is 1.28. The molecule has 0 aliphatic carbocycles. The Hall–Kier alpha value is -6.96. The van der Waals surface area contributed by atoms with Crippen LogP contribution in [0.5, 0.6) is 0 Å². The van der Waals surface area contributed by atoms with Crippen LogP contribution in [0.25, 0.3) is 50.1 Å². The highest BCUT2D eigenvalue weighted by molar-refractivity contribution is 5.88. The number of nitrogens with zero attached hydrogens (tertiary/aromatic N) is 1. The van der Waals surface area contributed by atoms with Crippen LogP contribution in [0.2, 0.25) is 0 Å². The molecule has 0 N–H and O–H groups in total. The fourth-order valence-electron chi connectivity index (χ4n) is 7.30. The quantitative estimate of drug-likeness (QED) is 0.129. The number of rotatable bonds is 10. The standard InChI is InChI=1S/C53H41N/c1-3-16-51(50-26-11-10-17-39(50)2)46-24-15-25-49(38-46)54(47-33-29-41(30-34-47)45-23-14-22-44(37-45)40-18-6-4-7-19-40)48-35-31-43(32-36-48)53-28-13-12-27-52(53)42-20-8-5-9-21-42/h3-38H,1H2,2H3/b51-16-. The molecule has 0 unspecified atom stereocenters. The van der Waals surface area contributed by atoms with Crippen molar-refractivity contribution in [3.05, 3.63) is 242 Å². The highest BCUT2D eigenvalue weighted by Gasteiger charge is 2.17. The maximum atomic E-state index is 4.06. The molecule has 258 valence electrons. The third kappa shape index (κ3) is 7.21. The van der Waals surface area contributed by atoms with E-state index in [2.05, 4.69) is 231 Å². The Kier molecular flexibility index (Phi) is 9.95. The van der Waals surface area contributed by atoms with Crippen molar-refractivity contribution in [1.82, 2.24) is 0 Å². The Bertz CT molecular complexity index is 2540. The van der Waals surface area contributed by atoms with Crippen LogP contribution in [0.1, 0.15) is 16.7 Å². The second-order valence-electron chi connectivity index (χ2n) is 13.5. The van der Waals surface area contributed by atoms with E-state index in [0.29, 0.717) is 0 Å². The van der Waals surface area contributed by atoms with E-state index in [9.17, 15) is 0 Å². The topological polar surface area (TPSA) is 3.24 Å². The van der Waals surface area contributed by atoms with Gasteiger partial charge in [-0.2, -0.15) is 0 Å².